The van der Waals surface area contributed by atoms with E-state index in [0.717, 1.165) is 23.6 Å². The van der Waals surface area contributed by atoms with Crippen LogP contribution in [0, 0.1) is 12.8 Å². The van der Waals surface area contributed by atoms with Crippen molar-refractivity contribution in [1.82, 2.24) is 14.5 Å². The molecule has 2 aromatic rings. The van der Waals surface area contributed by atoms with Crippen molar-refractivity contribution in [3.8, 4) is 0 Å². The molecule has 1 atom stereocenters. The van der Waals surface area contributed by atoms with Crippen LogP contribution in [0.5, 0.6) is 0 Å². The number of benzene rings is 1. The predicted molar refractivity (Wildman–Crippen MR) is 83.7 cm³/mol. The maximum Gasteiger partial charge on any atom is 0.106 e. The molecule has 1 saturated heterocycles. The molecule has 3 rings (SSSR count). The molecule has 1 aliphatic heterocycles. The smallest absolute Gasteiger partial charge is 0.106 e. The zero-order valence-corrected chi connectivity index (χ0v) is 12.5. The average Bonchev–Trinajstić information content (AvgIpc) is 2.98. The quantitative estimate of drug-likeness (QED) is 0.870. The van der Waals surface area contributed by atoms with E-state index in [9.17, 15) is 0 Å². The van der Waals surface area contributed by atoms with E-state index in [2.05, 4.69) is 34.4 Å². The summed E-state index contributed by atoms with van der Waals surface area (Å²) in [4.78, 5) is 7.21. The predicted octanol–water partition coefficient (Wildman–Crippen LogP) is 2.66. The van der Waals surface area contributed by atoms with Gasteiger partial charge in [-0.25, -0.2) is 4.98 Å². The average molecular weight is 272 g/mol. The number of nitrogens with zero attached hydrogens (tertiary/aromatic N) is 3. The number of rotatable bonds is 4. The molecule has 0 radical (unpaired) electrons. The first-order valence-corrected chi connectivity index (χ1v) is 7.58. The SMILES string of the molecule is Cc1nc2cc(N)ccc2n1CC(C)CN1CCCC1. The summed E-state index contributed by atoms with van der Waals surface area (Å²) >= 11 is 0. The van der Waals surface area contributed by atoms with Crippen molar-refractivity contribution in [2.24, 2.45) is 5.92 Å². The van der Waals surface area contributed by atoms with Gasteiger partial charge in [-0.15, -0.1) is 0 Å². The molecule has 4 nitrogen and oxygen atoms in total. The minimum absolute atomic E-state index is 0.641. The van der Waals surface area contributed by atoms with E-state index in [1.165, 1.54) is 38.0 Å². The molecule has 2 N–H and O–H groups in total. The standard InChI is InChI=1S/C16H24N4/c1-12(10-19-7-3-4-8-19)11-20-13(2)18-15-9-14(17)5-6-16(15)20/h5-6,9,12H,3-4,7-8,10-11,17H2,1-2H3. The Morgan fingerprint density at radius 2 is 2.00 bits per heavy atom. The van der Waals surface area contributed by atoms with Crippen molar-refractivity contribution in [2.45, 2.75) is 33.2 Å². The Morgan fingerprint density at radius 1 is 1.25 bits per heavy atom. The Morgan fingerprint density at radius 3 is 2.75 bits per heavy atom. The van der Waals surface area contributed by atoms with Crippen LogP contribution in [0.3, 0.4) is 0 Å². The lowest BCUT2D eigenvalue weighted by Crippen LogP contribution is -2.27. The van der Waals surface area contributed by atoms with Gasteiger partial charge >= 0.3 is 0 Å². The van der Waals surface area contributed by atoms with Crippen molar-refractivity contribution in [3.05, 3.63) is 24.0 Å². The van der Waals surface area contributed by atoms with Gasteiger partial charge in [-0.1, -0.05) is 6.92 Å². The van der Waals surface area contributed by atoms with Gasteiger partial charge in [0.25, 0.3) is 0 Å². The van der Waals surface area contributed by atoms with E-state index >= 15 is 0 Å². The number of nitrogens with two attached hydrogens (primary N) is 1. The van der Waals surface area contributed by atoms with E-state index in [-0.39, 0.29) is 0 Å². The maximum atomic E-state index is 5.84. The Labute approximate surface area is 120 Å². The van der Waals surface area contributed by atoms with Gasteiger partial charge in [0.05, 0.1) is 11.0 Å². The summed E-state index contributed by atoms with van der Waals surface area (Å²) in [6, 6.07) is 6.02. The number of hydrogen-bond acceptors (Lipinski definition) is 3. The lowest BCUT2D eigenvalue weighted by molar-refractivity contribution is 0.272. The minimum Gasteiger partial charge on any atom is -0.399 e. The summed E-state index contributed by atoms with van der Waals surface area (Å²) in [5, 5.41) is 0. The highest BCUT2D eigenvalue weighted by Crippen LogP contribution is 2.21. The molecule has 108 valence electrons. The number of anilines is 1. The van der Waals surface area contributed by atoms with Crippen molar-refractivity contribution in [3.63, 3.8) is 0 Å². The van der Waals surface area contributed by atoms with Crippen molar-refractivity contribution in [1.29, 1.82) is 0 Å². The van der Waals surface area contributed by atoms with Gasteiger partial charge in [0.1, 0.15) is 5.82 Å². The third kappa shape index (κ3) is 2.66. The van der Waals surface area contributed by atoms with Gasteiger partial charge in [-0.2, -0.15) is 0 Å². The third-order valence-electron chi connectivity index (χ3n) is 4.23. The Hall–Kier alpha value is -1.55. The fraction of sp³-hybridized carbons (Fsp3) is 0.562. The maximum absolute atomic E-state index is 5.84. The second-order valence-corrected chi connectivity index (χ2v) is 6.13. The molecule has 4 heteroatoms. The largest absolute Gasteiger partial charge is 0.399 e. The van der Waals surface area contributed by atoms with Crippen LogP contribution >= 0.6 is 0 Å². The van der Waals surface area contributed by atoms with Crippen LogP contribution in [0.25, 0.3) is 11.0 Å². The number of nitrogen functional groups attached to an aromatic ring is 1. The zero-order chi connectivity index (χ0) is 14.1. The Bertz CT molecular complexity index is 596. The molecule has 1 unspecified atom stereocenters. The molecule has 20 heavy (non-hydrogen) atoms. The highest BCUT2D eigenvalue weighted by atomic mass is 15.1. The molecule has 0 amide bonds. The Kier molecular flexibility index (Phi) is 3.66. The number of likely N-dealkylation sites (tertiary alicyclic amines) is 1. The van der Waals surface area contributed by atoms with Gasteiger partial charge in [-0.3, -0.25) is 0 Å². The third-order valence-corrected chi connectivity index (χ3v) is 4.23. The first kappa shape index (κ1) is 13.4. The number of imidazole rings is 1. The first-order valence-electron chi connectivity index (χ1n) is 7.58. The summed E-state index contributed by atoms with van der Waals surface area (Å²) in [6.07, 6.45) is 2.72. The van der Waals surface area contributed by atoms with Crippen LogP contribution in [-0.2, 0) is 6.54 Å². The Balaban J connectivity index is 1.77. The van der Waals surface area contributed by atoms with Crippen LogP contribution < -0.4 is 5.73 Å². The van der Waals surface area contributed by atoms with Crippen molar-refractivity contribution >= 4 is 16.7 Å². The summed E-state index contributed by atoms with van der Waals surface area (Å²) in [6.45, 7) is 9.17. The van der Waals surface area contributed by atoms with E-state index in [1.54, 1.807) is 0 Å². The number of hydrogen-bond donors (Lipinski definition) is 1. The summed E-state index contributed by atoms with van der Waals surface area (Å²) in [5.41, 5.74) is 8.83. The second-order valence-electron chi connectivity index (χ2n) is 6.13. The monoisotopic (exact) mass is 272 g/mol. The molecule has 0 aliphatic carbocycles. The van der Waals surface area contributed by atoms with Crippen molar-refractivity contribution < 1.29 is 0 Å². The number of aryl methyl sites for hydroxylation is 1. The van der Waals surface area contributed by atoms with Gasteiger partial charge < -0.3 is 15.2 Å². The number of fused-ring (bicyclic) bond motifs is 1. The zero-order valence-electron chi connectivity index (χ0n) is 12.5. The summed E-state index contributed by atoms with van der Waals surface area (Å²) in [5.74, 6) is 1.72. The fourth-order valence-electron chi connectivity index (χ4n) is 3.27. The molecular weight excluding hydrogens is 248 g/mol. The van der Waals surface area contributed by atoms with Crippen LogP contribution in [-0.4, -0.2) is 34.1 Å². The molecule has 1 aliphatic rings. The molecule has 2 heterocycles. The fourth-order valence-corrected chi connectivity index (χ4v) is 3.27. The molecule has 0 saturated carbocycles. The highest BCUT2D eigenvalue weighted by molar-refractivity contribution is 5.79. The second kappa shape index (κ2) is 5.44. The molecule has 1 aromatic heterocycles. The normalized spacial score (nSPS) is 17.9. The van der Waals surface area contributed by atoms with Crippen LogP contribution in [0.1, 0.15) is 25.6 Å². The van der Waals surface area contributed by atoms with Crippen LogP contribution in [0.2, 0.25) is 0 Å². The molecule has 1 fully saturated rings. The molecule has 0 spiro atoms. The van der Waals surface area contributed by atoms with Gasteiger partial charge in [0.2, 0.25) is 0 Å². The molecule has 0 bridgehead atoms. The van der Waals surface area contributed by atoms with Gasteiger partial charge in [0, 0.05) is 18.8 Å². The lowest BCUT2D eigenvalue weighted by Gasteiger charge is -2.21. The molecule has 1 aromatic carbocycles. The topological polar surface area (TPSA) is 47.1 Å². The van der Waals surface area contributed by atoms with Gasteiger partial charge in [0.15, 0.2) is 0 Å². The van der Waals surface area contributed by atoms with Gasteiger partial charge in [-0.05, 0) is 57.0 Å². The van der Waals surface area contributed by atoms with Crippen molar-refractivity contribution in [2.75, 3.05) is 25.4 Å². The van der Waals surface area contributed by atoms with Crippen LogP contribution in [0.15, 0.2) is 18.2 Å². The molecular formula is C16H24N4. The highest BCUT2D eigenvalue weighted by Gasteiger charge is 2.16. The van der Waals surface area contributed by atoms with E-state index in [0.29, 0.717) is 5.92 Å². The van der Waals surface area contributed by atoms with Crippen LogP contribution in [0.4, 0.5) is 5.69 Å². The number of aromatic nitrogens is 2. The first-order chi connectivity index (χ1) is 9.63. The summed E-state index contributed by atoms with van der Waals surface area (Å²) < 4.78 is 2.33. The van der Waals surface area contributed by atoms with E-state index < -0.39 is 0 Å². The summed E-state index contributed by atoms with van der Waals surface area (Å²) in [7, 11) is 0. The van der Waals surface area contributed by atoms with E-state index in [1.807, 2.05) is 12.1 Å². The lowest BCUT2D eigenvalue weighted by atomic mass is 10.1. The van der Waals surface area contributed by atoms with E-state index in [4.69, 9.17) is 5.73 Å². The minimum atomic E-state index is 0.641.